The number of carbonyl (C=O) groups excluding carboxylic acids is 1. The smallest absolute Gasteiger partial charge is 0.413 e. The molecular formula is C16H27N3O3. The highest BCUT2D eigenvalue weighted by atomic mass is 16.6. The van der Waals surface area contributed by atoms with E-state index in [-0.39, 0.29) is 12.6 Å². The summed E-state index contributed by atoms with van der Waals surface area (Å²) in [5.74, 6) is 0. The fourth-order valence-corrected chi connectivity index (χ4v) is 1.98. The number of hydrogen-bond donors (Lipinski definition) is 3. The van der Waals surface area contributed by atoms with Crippen LogP contribution < -0.4 is 11.5 Å². The molecule has 0 aliphatic rings. The molecule has 0 aliphatic carbocycles. The number of rotatable bonds is 6. The van der Waals surface area contributed by atoms with Gasteiger partial charge in [-0.1, -0.05) is 30.3 Å². The Bertz CT molecular complexity index is 457. The minimum absolute atomic E-state index is 0.133. The molecule has 22 heavy (non-hydrogen) atoms. The van der Waals surface area contributed by atoms with E-state index in [4.69, 9.17) is 16.2 Å². The molecular weight excluding hydrogens is 282 g/mol. The second-order valence-corrected chi connectivity index (χ2v) is 6.33. The van der Waals surface area contributed by atoms with E-state index in [9.17, 15) is 9.90 Å². The first kappa shape index (κ1) is 18.4. The van der Waals surface area contributed by atoms with Gasteiger partial charge in [0.05, 0.1) is 0 Å². The fraction of sp³-hybridized carbons (Fsp3) is 0.562. The topological polar surface area (TPSA) is 102 Å². The molecule has 0 fully saturated rings. The Morgan fingerprint density at radius 1 is 1.27 bits per heavy atom. The number of hydrogen-bond acceptors (Lipinski definition) is 5. The van der Waals surface area contributed by atoms with Gasteiger partial charge in [0.25, 0.3) is 0 Å². The molecule has 0 radical (unpaired) electrons. The first-order valence-electron chi connectivity index (χ1n) is 7.42. The average Bonchev–Trinajstić information content (AvgIpc) is 2.37. The van der Waals surface area contributed by atoms with Crippen molar-refractivity contribution >= 4 is 6.09 Å². The lowest BCUT2D eigenvalue weighted by atomic mass is 10.0. The van der Waals surface area contributed by atoms with Gasteiger partial charge in [-0.05, 0) is 39.2 Å². The van der Waals surface area contributed by atoms with Crippen LogP contribution in [0.1, 0.15) is 32.8 Å². The van der Waals surface area contributed by atoms with Crippen molar-refractivity contribution in [2.45, 2.75) is 51.6 Å². The third-order valence-electron chi connectivity index (χ3n) is 3.03. The maximum Gasteiger partial charge on any atom is 0.413 e. The zero-order valence-corrected chi connectivity index (χ0v) is 13.5. The average molecular weight is 309 g/mol. The number of carbonyl (C=O) groups is 1. The number of aliphatic hydroxyl groups is 1. The van der Waals surface area contributed by atoms with Crippen molar-refractivity contribution in [1.82, 2.24) is 4.90 Å². The first-order valence-corrected chi connectivity index (χ1v) is 7.42. The van der Waals surface area contributed by atoms with Crippen LogP contribution in [-0.2, 0) is 11.2 Å². The number of amides is 1. The van der Waals surface area contributed by atoms with E-state index in [1.807, 2.05) is 30.3 Å². The largest absolute Gasteiger partial charge is 0.444 e. The van der Waals surface area contributed by atoms with Gasteiger partial charge in [-0.3, -0.25) is 10.6 Å². The Balaban J connectivity index is 2.52. The van der Waals surface area contributed by atoms with Gasteiger partial charge in [0, 0.05) is 12.6 Å². The summed E-state index contributed by atoms with van der Waals surface area (Å²) in [6.45, 7) is 5.51. The van der Waals surface area contributed by atoms with Gasteiger partial charge >= 0.3 is 6.09 Å². The Morgan fingerprint density at radius 3 is 2.36 bits per heavy atom. The lowest BCUT2D eigenvalue weighted by molar-refractivity contribution is -0.0283. The molecule has 1 aromatic carbocycles. The lowest BCUT2D eigenvalue weighted by Gasteiger charge is -2.29. The van der Waals surface area contributed by atoms with E-state index in [2.05, 4.69) is 0 Å². The van der Waals surface area contributed by atoms with Crippen LogP contribution >= 0.6 is 0 Å². The molecule has 0 spiro atoms. The van der Waals surface area contributed by atoms with Crippen molar-refractivity contribution in [2.24, 2.45) is 11.5 Å². The number of nitrogens with two attached hydrogens (primary N) is 2. The van der Waals surface area contributed by atoms with E-state index in [1.165, 1.54) is 0 Å². The molecule has 2 atom stereocenters. The Kier molecular flexibility index (Phi) is 6.80. The van der Waals surface area contributed by atoms with Gasteiger partial charge in [0.2, 0.25) is 0 Å². The number of ether oxygens (including phenoxy) is 1. The second-order valence-electron chi connectivity index (χ2n) is 6.33. The standard InChI is InChI=1S/C16H27N3O3/c1-16(2,3)22-15(21)19(14(18)20)10-9-13(17)11-12-7-5-4-6-8-12/h4-8,13-14,20H,9-11,17-18H2,1-3H3/t13-,14?/m1/s1. The zero-order chi connectivity index (χ0) is 16.8. The first-order chi connectivity index (χ1) is 10.2. The predicted octanol–water partition coefficient (Wildman–Crippen LogP) is 1.42. The van der Waals surface area contributed by atoms with Crippen LogP contribution in [0.2, 0.25) is 0 Å². The van der Waals surface area contributed by atoms with Gasteiger partial charge in [0.1, 0.15) is 5.60 Å². The Morgan fingerprint density at radius 2 is 1.86 bits per heavy atom. The van der Waals surface area contributed by atoms with E-state index >= 15 is 0 Å². The second kappa shape index (κ2) is 8.12. The van der Waals surface area contributed by atoms with Crippen molar-refractivity contribution in [3.63, 3.8) is 0 Å². The molecule has 0 bridgehead atoms. The van der Waals surface area contributed by atoms with Crippen molar-refractivity contribution < 1.29 is 14.6 Å². The van der Waals surface area contributed by atoms with Crippen molar-refractivity contribution in [1.29, 1.82) is 0 Å². The third kappa shape index (κ3) is 6.89. The van der Waals surface area contributed by atoms with E-state index in [0.29, 0.717) is 12.8 Å². The van der Waals surface area contributed by atoms with E-state index in [1.54, 1.807) is 20.8 Å². The highest BCUT2D eigenvalue weighted by Gasteiger charge is 2.25. The molecule has 0 heterocycles. The normalized spacial score (nSPS) is 14.3. The summed E-state index contributed by atoms with van der Waals surface area (Å²) in [7, 11) is 0. The van der Waals surface area contributed by atoms with Crippen LogP contribution in [0.5, 0.6) is 0 Å². The summed E-state index contributed by atoms with van der Waals surface area (Å²) < 4.78 is 5.22. The maximum absolute atomic E-state index is 12.0. The van der Waals surface area contributed by atoms with Crippen LogP contribution in [0.25, 0.3) is 0 Å². The molecule has 1 unspecified atom stereocenters. The van der Waals surface area contributed by atoms with Crippen LogP contribution in [0.3, 0.4) is 0 Å². The minimum Gasteiger partial charge on any atom is -0.444 e. The quantitative estimate of drug-likeness (QED) is 0.690. The zero-order valence-electron chi connectivity index (χ0n) is 13.5. The SMILES string of the molecule is CC(C)(C)OC(=O)N(CC[C@@H](N)Cc1ccccc1)C(N)O. The number of aliphatic hydroxyl groups excluding tert-OH is 1. The number of nitrogens with zero attached hydrogens (tertiary/aromatic N) is 1. The molecule has 0 aliphatic heterocycles. The third-order valence-corrected chi connectivity index (χ3v) is 3.03. The summed E-state index contributed by atoms with van der Waals surface area (Å²) in [5, 5.41) is 9.54. The highest BCUT2D eigenvalue weighted by Crippen LogP contribution is 2.12. The van der Waals surface area contributed by atoms with E-state index in [0.717, 1.165) is 10.5 Å². The molecule has 6 heteroatoms. The highest BCUT2D eigenvalue weighted by molar-refractivity contribution is 5.68. The molecule has 0 saturated heterocycles. The van der Waals surface area contributed by atoms with Gasteiger partial charge in [0.15, 0.2) is 6.35 Å². The Labute approximate surface area is 132 Å². The summed E-state index contributed by atoms with van der Waals surface area (Å²) in [6, 6.07) is 9.74. The number of benzene rings is 1. The lowest BCUT2D eigenvalue weighted by Crippen LogP contribution is -2.49. The van der Waals surface area contributed by atoms with Crippen LogP contribution in [0.4, 0.5) is 4.79 Å². The van der Waals surface area contributed by atoms with E-state index < -0.39 is 18.0 Å². The molecule has 5 N–H and O–H groups in total. The predicted molar refractivity (Wildman–Crippen MR) is 85.9 cm³/mol. The summed E-state index contributed by atoms with van der Waals surface area (Å²) >= 11 is 0. The van der Waals surface area contributed by atoms with Crippen LogP contribution in [0, 0.1) is 0 Å². The summed E-state index contributed by atoms with van der Waals surface area (Å²) in [4.78, 5) is 13.1. The minimum atomic E-state index is -1.40. The molecule has 0 aromatic heterocycles. The van der Waals surface area contributed by atoms with Crippen molar-refractivity contribution in [3.05, 3.63) is 35.9 Å². The van der Waals surface area contributed by atoms with Crippen molar-refractivity contribution in [2.75, 3.05) is 6.54 Å². The van der Waals surface area contributed by atoms with Crippen molar-refractivity contribution in [3.8, 4) is 0 Å². The maximum atomic E-state index is 12.0. The molecule has 1 aromatic rings. The van der Waals surface area contributed by atoms with Gasteiger partial charge < -0.3 is 15.6 Å². The van der Waals surface area contributed by atoms with Crippen LogP contribution in [0.15, 0.2) is 30.3 Å². The summed E-state index contributed by atoms with van der Waals surface area (Å²) in [5.41, 5.74) is 12.0. The molecule has 1 rings (SSSR count). The monoisotopic (exact) mass is 309 g/mol. The molecule has 6 nitrogen and oxygen atoms in total. The molecule has 1 amide bonds. The fourth-order valence-electron chi connectivity index (χ4n) is 1.98. The van der Waals surface area contributed by atoms with Gasteiger partial charge in [-0.2, -0.15) is 0 Å². The molecule has 0 saturated carbocycles. The van der Waals surface area contributed by atoms with Gasteiger partial charge in [-0.15, -0.1) is 0 Å². The summed E-state index contributed by atoms with van der Waals surface area (Å²) in [6.07, 6.45) is -0.834. The van der Waals surface area contributed by atoms with Crippen LogP contribution in [-0.4, -0.2) is 40.6 Å². The Hall–Kier alpha value is -1.63. The van der Waals surface area contributed by atoms with Gasteiger partial charge in [-0.25, -0.2) is 4.79 Å². The molecule has 124 valence electrons.